The second-order valence-electron chi connectivity index (χ2n) is 7.46. The molecule has 154 valence electrons. The Balaban J connectivity index is 1.49. The molecule has 0 saturated carbocycles. The van der Waals surface area contributed by atoms with Gasteiger partial charge in [-0.2, -0.15) is 0 Å². The Morgan fingerprint density at radius 2 is 1.72 bits per heavy atom. The highest BCUT2D eigenvalue weighted by molar-refractivity contribution is 5.92. The molecule has 0 spiro atoms. The summed E-state index contributed by atoms with van der Waals surface area (Å²) >= 11 is 0. The Morgan fingerprint density at radius 1 is 1.00 bits per heavy atom. The molecule has 1 aliphatic rings. The predicted molar refractivity (Wildman–Crippen MR) is 115 cm³/mol. The fourth-order valence-corrected chi connectivity index (χ4v) is 3.66. The average Bonchev–Trinajstić information content (AvgIpc) is 2.77. The minimum absolute atomic E-state index is 0.135. The summed E-state index contributed by atoms with van der Waals surface area (Å²) in [6, 6.07) is 14.1. The van der Waals surface area contributed by atoms with E-state index in [1.807, 2.05) is 12.1 Å². The smallest absolute Gasteiger partial charge is 0.244 e. The molecule has 5 heteroatoms. The average molecular weight is 396 g/mol. The molecule has 29 heavy (non-hydrogen) atoms. The number of hydrogen-bond acceptors (Lipinski definition) is 3. The van der Waals surface area contributed by atoms with Crippen LogP contribution in [0.5, 0.6) is 11.5 Å². The Kier molecular flexibility index (Phi) is 7.70. The number of rotatable bonds is 8. The first-order valence-electron chi connectivity index (χ1n) is 10.3. The number of amides is 1. The van der Waals surface area contributed by atoms with E-state index in [-0.39, 0.29) is 5.91 Å². The molecule has 1 amide bonds. The van der Waals surface area contributed by atoms with Gasteiger partial charge < -0.3 is 19.7 Å². The van der Waals surface area contributed by atoms with Crippen LogP contribution in [-0.4, -0.2) is 33.2 Å². The van der Waals surface area contributed by atoms with Crippen molar-refractivity contribution in [1.82, 2.24) is 5.32 Å². The number of likely N-dealkylation sites (tertiary alicyclic amines) is 1. The van der Waals surface area contributed by atoms with Gasteiger partial charge in [0.1, 0.15) is 18.0 Å². The summed E-state index contributed by atoms with van der Waals surface area (Å²) in [4.78, 5) is 13.9. The van der Waals surface area contributed by atoms with Gasteiger partial charge in [0.15, 0.2) is 0 Å². The lowest BCUT2D eigenvalue weighted by Gasteiger charge is -2.23. The molecule has 1 aliphatic heterocycles. The van der Waals surface area contributed by atoms with Gasteiger partial charge in [0.05, 0.1) is 27.3 Å². The molecular formula is C24H31N2O3+. The number of carbonyl (C=O) groups is 1. The van der Waals surface area contributed by atoms with Gasteiger partial charge in [-0.25, -0.2) is 0 Å². The van der Waals surface area contributed by atoms with Crippen molar-refractivity contribution in [1.29, 1.82) is 0 Å². The summed E-state index contributed by atoms with van der Waals surface area (Å²) < 4.78 is 10.5. The van der Waals surface area contributed by atoms with Gasteiger partial charge in [-0.05, 0) is 43.0 Å². The van der Waals surface area contributed by atoms with Gasteiger partial charge in [0.2, 0.25) is 5.91 Å². The number of piperidine rings is 1. The van der Waals surface area contributed by atoms with Gasteiger partial charge in [-0.1, -0.05) is 24.3 Å². The third kappa shape index (κ3) is 6.36. The zero-order chi connectivity index (χ0) is 20.5. The highest BCUT2D eigenvalue weighted by Crippen LogP contribution is 2.25. The summed E-state index contributed by atoms with van der Waals surface area (Å²) in [7, 11) is 3.21. The zero-order valence-electron chi connectivity index (χ0n) is 17.4. The maximum absolute atomic E-state index is 12.2. The molecule has 0 radical (unpaired) electrons. The topological polar surface area (TPSA) is 52.0 Å². The van der Waals surface area contributed by atoms with E-state index in [1.54, 1.807) is 31.3 Å². The van der Waals surface area contributed by atoms with E-state index in [9.17, 15) is 4.79 Å². The molecule has 0 aromatic heterocycles. The fraction of sp³-hybridized carbons (Fsp3) is 0.375. The lowest BCUT2D eigenvalue weighted by atomic mass is 10.1. The lowest BCUT2D eigenvalue weighted by Crippen LogP contribution is -3.11. The van der Waals surface area contributed by atoms with Gasteiger partial charge in [0.25, 0.3) is 0 Å². The molecule has 2 aromatic rings. The third-order valence-corrected chi connectivity index (χ3v) is 5.36. The van der Waals surface area contributed by atoms with Gasteiger partial charge in [-0.3, -0.25) is 4.79 Å². The van der Waals surface area contributed by atoms with E-state index in [0.29, 0.717) is 18.0 Å². The van der Waals surface area contributed by atoms with Crippen molar-refractivity contribution in [3.63, 3.8) is 0 Å². The molecule has 0 aliphatic carbocycles. The number of quaternary nitrogens is 1. The van der Waals surface area contributed by atoms with Crippen LogP contribution in [0, 0.1) is 0 Å². The van der Waals surface area contributed by atoms with Gasteiger partial charge >= 0.3 is 0 Å². The highest BCUT2D eigenvalue weighted by atomic mass is 16.5. The number of methoxy groups -OCH3 is 2. The quantitative estimate of drug-likeness (QED) is 0.676. The molecule has 1 heterocycles. The van der Waals surface area contributed by atoms with Gasteiger partial charge in [0, 0.05) is 29.8 Å². The molecule has 2 aromatic carbocycles. The zero-order valence-corrected chi connectivity index (χ0v) is 17.4. The Hall–Kier alpha value is -2.79. The van der Waals surface area contributed by atoms with Crippen molar-refractivity contribution >= 4 is 12.0 Å². The minimum atomic E-state index is -0.135. The van der Waals surface area contributed by atoms with Gasteiger partial charge in [-0.15, -0.1) is 0 Å². The van der Waals surface area contributed by atoms with Crippen molar-refractivity contribution in [2.24, 2.45) is 0 Å². The predicted octanol–water partition coefficient (Wildman–Crippen LogP) is 2.60. The number of nitrogens with one attached hydrogen (secondary N) is 2. The van der Waals surface area contributed by atoms with E-state index in [1.165, 1.54) is 44.0 Å². The molecule has 1 saturated heterocycles. The first kappa shape index (κ1) is 20.9. The van der Waals surface area contributed by atoms with Crippen molar-refractivity contribution in [3.8, 4) is 11.5 Å². The molecule has 1 fully saturated rings. The highest BCUT2D eigenvalue weighted by Gasteiger charge is 2.13. The van der Waals surface area contributed by atoms with Crippen LogP contribution in [0.3, 0.4) is 0 Å². The number of hydrogen-bond donors (Lipinski definition) is 2. The normalized spacial score (nSPS) is 14.7. The minimum Gasteiger partial charge on any atom is -0.497 e. The van der Waals surface area contributed by atoms with E-state index < -0.39 is 0 Å². The summed E-state index contributed by atoms with van der Waals surface area (Å²) in [5, 5.41) is 2.93. The van der Waals surface area contributed by atoms with Crippen molar-refractivity contribution in [2.75, 3.05) is 27.3 Å². The van der Waals surface area contributed by atoms with Crippen LogP contribution in [0.1, 0.15) is 36.0 Å². The molecule has 0 atom stereocenters. The second-order valence-corrected chi connectivity index (χ2v) is 7.46. The van der Waals surface area contributed by atoms with Crippen molar-refractivity contribution < 1.29 is 19.2 Å². The number of ether oxygens (including phenoxy) is 2. The van der Waals surface area contributed by atoms with E-state index in [0.717, 1.165) is 17.7 Å². The molecule has 3 rings (SSSR count). The van der Waals surface area contributed by atoms with Crippen molar-refractivity contribution in [3.05, 3.63) is 65.2 Å². The summed E-state index contributed by atoms with van der Waals surface area (Å²) in [5.74, 6) is 1.25. The fourth-order valence-electron chi connectivity index (χ4n) is 3.66. The van der Waals surface area contributed by atoms with E-state index in [2.05, 4.69) is 29.6 Å². The van der Waals surface area contributed by atoms with Crippen LogP contribution in [0.2, 0.25) is 0 Å². The maximum Gasteiger partial charge on any atom is 0.244 e. The van der Waals surface area contributed by atoms with Crippen LogP contribution in [0.4, 0.5) is 0 Å². The summed E-state index contributed by atoms with van der Waals surface area (Å²) in [6.07, 6.45) is 7.34. The first-order chi connectivity index (χ1) is 14.2. The largest absolute Gasteiger partial charge is 0.497 e. The molecular weight excluding hydrogens is 364 g/mol. The number of carbonyl (C=O) groups excluding carboxylic acids is 1. The van der Waals surface area contributed by atoms with Crippen LogP contribution < -0.4 is 19.7 Å². The summed E-state index contributed by atoms with van der Waals surface area (Å²) in [5.41, 5.74) is 3.29. The first-order valence-corrected chi connectivity index (χ1v) is 10.3. The molecule has 5 nitrogen and oxygen atoms in total. The monoisotopic (exact) mass is 395 g/mol. The SMILES string of the molecule is COc1ccc(/C=C/C(=O)NCc2ccc(C[NH+]3CCCCC3)cc2)c(OC)c1. The Morgan fingerprint density at radius 3 is 2.41 bits per heavy atom. The maximum atomic E-state index is 12.2. The molecule has 2 N–H and O–H groups in total. The van der Waals surface area contributed by atoms with E-state index in [4.69, 9.17) is 9.47 Å². The molecule has 0 bridgehead atoms. The standard InChI is InChI=1S/C24H30N2O3/c1-28-22-12-10-21(23(16-22)29-2)11-13-24(27)25-17-19-6-8-20(9-7-19)18-26-14-4-3-5-15-26/h6-13,16H,3-5,14-15,17-18H2,1-2H3,(H,25,27)/p+1/b13-11+. The van der Waals surface area contributed by atoms with Crippen molar-refractivity contribution in [2.45, 2.75) is 32.4 Å². The third-order valence-electron chi connectivity index (χ3n) is 5.36. The van der Waals surface area contributed by atoms with Crippen LogP contribution in [-0.2, 0) is 17.9 Å². The Bertz CT molecular complexity index is 825. The lowest BCUT2D eigenvalue weighted by molar-refractivity contribution is -0.918. The van der Waals surface area contributed by atoms with Crippen LogP contribution >= 0.6 is 0 Å². The number of benzene rings is 2. The Labute approximate surface area is 173 Å². The van der Waals surface area contributed by atoms with E-state index >= 15 is 0 Å². The van der Waals surface area contributed by atoms with Crippen LogP contribution in [0.25, 0.3) is 6.08 Å². The van der Waals surface area contributed by atoms with Crippen LogP contribution in [0.15, 0.2) is 48.5 Å². The second kappa shape index (κ2) is 10.7. The summed E-state index contributed by atoms with van der Waals surface area (Å²) in [6.45, 7) is 4.17. The molecule has 0 unspecified atom stereocenters.